The number of hydrogen-bond donors (Lipinski definition) is 0. The summed E-state index contributed by atoms with van der Waals surface area (Å²) in [5, 5.41) is 0. The van der Waals surface area contributed by atoms with E-state index < -0.39 is 0 Å². The fourth-order valence-corrected chi connectivity index (χ4v) is 3.09. The number of rotatable bonds is 5. The third kappa shape index (κ3) is 5.69. The monoisotopic (exact) mass is 367 g/mol. The SMILES string of the molecule is CC.CC/C=C(\CC)c1ccc(-c2cc(C(C)(C)C)ccc2OC)c(C)n1. The summed E-state index contributed by atoms with van der Waals surface area (Å²) in [6.07, 6.45) is 4.30. The van der Waals surface area contributed by atoms with E-state index in [-0.39, 0.29) is 5.41 Å². The van der Waals surface area contributed by atoms with Gasteiger partial charge in [-0.15, -0.1) is 0 Å². The maximum atomic E-state index is 5.62. The van der Waals surface area contributed by atoms with Crippen molar-refractivity contribution in [3.8, 4) is 16.9 Å². The zero-order chi connectivity index (χ0) is 20.6. The fourth-order valence-electron chi connectivity index (χ4n) is 3.09. The molecule has 2 nitrogen and oxygen atoms in total. The van der Waals surface area contributed by atoms with E-state index in [0.717, 1.165) is 41.1 Å². The molecule has 0 bridgehead atoms. The summed E-state index contributed by atoms with van der Waals surface area (Å²) in [6.45, 7) is 17.1. The van der Waals surface area contributed by atoms with Gasteiger partial charge < -0.3 is 4.74 Å². The molecule has 1 aromatic heterocycles. The van der Waals surface area contributed by atoms with Crippen LogP contribution in [0, 0.1) is 6.92 Å². The molecule has 0 aliphatic rings. The van der Waals surface area contributed by atoms with Crippen molar-refractivity contribution in [2.45, 2.75) is 73.6 Å². The number of allylic oxidation sites excluding steroid dienone is 2. The lowest BCUT2D eigenvalue weighted by molar-refractivity contribution is 0.416. The Labute approximate surface area is 166 Å². The topological polar surface area (TPSA) is 22.1 Å². The van der Waals surface area contributed by atoms with E-state index in [4.69, 9.17) is 9.72 Å². The molecule has 0 aliphatic carbocycles. The molecule has 1 heterocycles. The molecule has 2 aromatic rings. The Hall–Kier alpha value is -2.09. The van der Waals surface area contributed by atoms with Gasteiger partial charge in [0.25, 0.3) is 0 Å². The van der Waals surface area contributed by atoms with Crippen LogP contribution < -0.4 is 4.74 Å². The summed E-state index contributed by atoms with van der Waals surface area (Å²) < 4.78 is 5.62. The van der Waals surface area contributed by atoms with Gasteiger partial charge in [0.1, 0.15) is 5.75 Å². The molecule has 0 saturated heterocycles. The lowest BCUT2D eigenvalue weighted by Gasteiger charge is -2.21. The Morgan fingerprint density at radius 3 is 2.19 bits per heavy atom. The average Bonchev–Trinajstić information content (AvgIpc) is 2.66. The third-order valence-corrected chi connectivity index (χ3v) is 4.60. The Bertz CT molecular complexity index is 766. The lowest BCUT2D eigenvalue weighted by Crippen LogP contribution is -2.11. The molecule has 0 saturated carbocycles. The van der Waals surface area contributed by atoms with E-state index >= 15 is 0 Å². The van der Waals surface area contributed by atoms with Crippen molar-refractivity contribution >= 4 is 5.57 Å². The van der Waals surface area contributed by atoms with Crippen molar-refractivity contribution in [2.24, 2.45) is 0 Å². The molecule has 27 heavy (non-hydrogen) atoms. The first-order valence-electron chi connectivity index (χ1n) is 10.2. The summed E-state index contributed by atoms with van der Waals surface area (Å²) in [5.74, 6) is 0.894. The smallest absolute Gasteiger partial charge is 0.126 e. The second kappa shape index (κ2) is 10.3. The molecule has 0 aliphatic heterocycles. The van der Waals surface area contributed by atoms with Crippen molar-refractivity contribution < 1.29 is 4.74 Å². The number of benzene rings is 1. The molecule has 0 atom stereocenters. The van der Waals surface area contributed by atoms with Crippen LogP contribution in [0.2, 0.25) is 0 Å². The molecule has 0 fully saturated rings. The van der Waals surface area contributed by atoms with E-state index in [1.165, 1.54) is 11.1 Å². The summed E-state index contributed by atoms with van der Waals surface area (Å²) in [6, 6.07) is 10.8. The molecular weight excluding hydrogens is 330 g/mol. The lowest BCUT2D eigenvalue weighted by atomic mass is 9.85. The first-order valence-corrected chi connectivity index (χ1v) is 10.2. The number of aryl methyl sites for hydroxylation is 1. The standard InChI is InChI=1S/C23H31NO.C2H6/c1-8-10-17(9-2)21-13-12-19(16(3)24-21)20-15-18(23(4,5)6)11-14-22(20)25-7;1-2/h10-15H,8-9H2,1-7H3;1-2H3/b17-10+;. The highest BCUT2D eigenvalue weighted by molar-refractivity contribution is 5.75. The number of hydrogen-bond acceptors (Lipinski definition) is 2. The Balaban J connectivity index is 0.00000176. The van der Waals surface area contributed by atoms with Gasteiger partial charge in [-0.1, -0.05) is 66.7 Å². The van der Waals surface area contributed by atoms with Crippen molar-refractivity contribution in [3.63, 3.8) is 0 Å². The van der Waals surface area contributed by atoms with Gasteiger partial charge in [0, 0.05) is 16.8 Å². The minimum Gasteiger partial charge on any atom is -0.496 e. The van der Waals surface area contributed by atoms with E-state index in [0.29, 0.717) is 0 Å². The van der Waals surface area contributed by atoms with Crippen LogP contribution in [-0.4, -0.2) is 12.1 Å². The normalized spacial score (nSPS) is 11.7. The Kier molecular flexibility index (Phi) is 8.75. The van der Waals surface area contributed by atoms with Gasteiger partial charge in [0.05, 0.1) is 12.8 Å². The molecule has 2 heteroatoms. The van der Waals surface area contributed by atoms with Crippen LogP contribution in [-0.2, 0) is 5.41 Å². The Morgan fingerprint density at radius 1 is 1.04 bits per heavy atom. The quantitative estimate of drug-likeness (QED) is 0.543. The number of methoxy groups -OCH3 is 1. The van der Waals surface area contributed by atoms with Crippen LogP contribution in [0.4, 0.5) is 0 Å². The van der Waals surface area contributed by atoms with Crippen LogP contribution in [0.3, 0.4) is 0 Å². The fraction of sp³-hybridized carbons (Fsp3) is 0.480. The van der Waals surface area contributed by atoms with Crippen molar-refractivity contribution in [1.82, 2.24) is 4.98 Å². The van der Waals surface area contributed by atoms with Gasteiger partial charge in [0.15, 0.2) is 0 Å². The zero-order valence-corrected chi connectivity index (χ0v) is 18.7. The van der Waals surface area contributed by atoms with Crippen molar-refractivity contribution in [2.75, 3.05) is 7.11 Å². The van der Waals surface area contributed by atoms with Crippen LogP contribution in [0.1, 0.15) is 78.3 Å². The molecule has 2 rings (SSSR count). The molecule has 0 amide bonds. The van der Waals surface area contributed by atoms with Gasteiger partial charge >= 0.3 is 0 Å². The van der Waals surface area contributed by atoms with Gasteiger partial charge in [-0.3, -0.25) is 4.98 Å². The molecule has 148 valence electrons. The van der Waals surface area contributed by atoms with Gasteiger partial charge in [-0.25, -0.2) is 0 Å². The molecule has 0 spiro atoms. The predicted molar refractivity (Wildman–Crippen MR) is 120 cm³/mol. The number of ether oxygens (including phenoxy) is 1. The largest absolute Gasteiger partial charge is 0.496 e. The van der Waals surface area contributed by atoms with Gasteiger partial charge in [-0.2, -0.15) is 0 Å². The van der Waals surface area contributed by atoms with Crippen molar-refractivity contribution in [1.29, 1.82) is 0 Å². The number of aromatic nitrogens is 1. The second-order valence-electron chi connectivity index (χ2n) is 7.49. The van der Waals surface area contributed by atoms with Crippen LogP contribution in [0.25, 0.3) is 16.7 Å². The average molecular weight is 368 g/mol. The minimum absolute atomic E-state index is 0.0987. The van der Waals surface area contributed by atoms with Crippen LogP contribution in [0.15, 0.2) is 36.4 Å². The third-order valence-electron chi connectivity index (χ3n) is 4.60. The Morgan fingerprint density at radius 2 is 1.70 bits per heavy atom. The highest BCUT2D eigenvalue weighted by atomic mass is 16.5. The maximum absolute atomic E-state index is 5.62. The van der Waals surface area contributed by atoms with E-state index in [1.54, 1.807) is 7.11 Å². The van der Waals surface area contributed by atoms with Crippen LogP contribution in [0.5, 0.6) is 5.75 Å². The highest BCUT2D eigenvalue weighted by Gasteiger charge is 2.18. The first kappa shape index (κ1) is 23.0. The van der Waals surface area contributed by atoms with E-state index in [2.05, 4.69) is 78.0 Å². The van der Waals surface area contributed by atoms with E-state index in [1.807, 2.05) is 13.8 Å². The second-order valence-corrected chi connectivity index (χ2v) is 7.49. The molecule has 1 aromatic carbocycles. The predicted octanol–water partition coefficient (Wildman–Crippen LogP) is 7.59. The van der Waals surface area contributed by atoms with E-state index in [9.17, 15) is 0 Å². The summed E-state index contributed by atoms with van der Waals surface area (Å²) in [4.78, 5) is 4.88. The van der Waals surface area contributed by atoms with Gasteiger partial charge in [-0.05, 0) is 54.5 Å². The molecular formula is C25H37NO. The molecule has 0 N–H and O–H groups in total. The number of pyridine rings is 1. The zero-order valence-electron chi connectivity index (χ0n) is 18.7. The molecule has 0 unspecified atom stereocenters. The van der Waals surface area contributed by atoms with Gasteiger partial charge in [0.2, 0.25) is 0 Å². The van der Waals surface area contributed by atoms with Crippen LogP contribution >= 0.6 is 0 Å². The molecule has 0 radical (unpaired) electrons. The summed E-state index contributed by atoms with van der Waals surface area (Å²) >= 11 is 0. The maximum Gasteiger partial charge on any atom is 0.126 e. The highest BCUT2D eigenvalue weighted by Crippen LogP contribution is 2.36. The minimum atomic E-state index is 0.0987. The number of nitrogens with zero attached hydrogens (tertiary/aromatic N) is 1. The first-order chi connectivity index (χ1) is 12.8. The van der Waals surface area contributed by atoms with Crippen molar-refractivity contribution in [3.05, 3.63) is 53.4 Å². The summed E-state index contributed by atoms with van der Waals surface area (Å²) in [5.41, 5.74) is 7.08. The summed E-state index contributed by atoms with van der Waals surface area (Å²) in [7, 11) is 1.73.